The van der Waals surface area contributed by atoms with Crippen molar-refractivity contribution >= 4 is 0 Å². The fourth-order valence-corrected chi connectivity index (χ4v) is 1.74. The van der Waals surface area contributed by atoms with Crippen molar-refractivity contribution in [1.29, 1.82) is 0 Å². The molecule has 0 N–H and O–H groups in total. The van der Waals surface area contributed by atoms with E-state index in [9.17, 15) is 0 Å². The maximum Gasteiger partial charge on any atom is 0.161 e. The van der Waals surface area contributed by atoms with Gasteiger partial charge >= 0.3 is 0 Å². The molecule has 0 bridgehead atoms. The Morgan fingerprint density at radius 2 is 1.89 bits per heavy atom. The molecule has 4 nitrogen and oxygen atoms in total. The quantitative estimate of drug-likeness (QED) is 0.786. The lowest BCUT2D eigenvalue weighted by Crippen LogP contribution is -2.09. The topological polar surface area (TPSA) is 36.3 Å². The Balaban J connectivity index is 1.92. The molecule has 1 heterocycles. The molecule has 2 aromatic rings. The molecule has 0 radical (unpaired) electrons. The van der Waals surface area contributed by atoms with Crippen molar-refractivity contribution < 1.29 is 9.47 Å². The standard InChI is InChI=1S/C14H18N2O2/c1-3-17-13-6-4-5-7-14(13)18-11-10-16-9-8-15-12(16)2/h4-9H,3,10-11H2,1-2H3. The second-order valence-electron chi connectivity index (χ2n) is 3.90. The lowest BCUT2D eigenvalue weighted by molar-refractivity contribution is 0.266. The largest absolute Gasteiger partial charge is 0.490 e. The van der Waals surface area contributed by atoms with E-state index >= 15 is 0 Å². The Morgan fingerprint density at radius 3 is 2.50 bits per heavy atom. The molecule has 0 unspecified atom stereocenters. The van der Waals surface area contributed by atoms with Crippen LogP contribution in [0.15, 0.2) is 36.7 Å². The number of benzene rings is 1. The molecule has 2 rings (SSSR count). The molecule has 0 fully saturated rings. The number of nitrogens with zero attached hydrogens (tertiary/aromatic N) is 2. The number of aryl methyl sites for hydroxylation is 1. The summed E-state index contributed by atoms with van der Waals surface area (Å²) in [4.78, 5) is 4.17. The van der Waals surface area contributed by atoms with Crippen LogP contribution in [0.2, 0.25) is 0 Å². The van der Waals surface area contributed by atoms with Gasteiger partial charge < -0.3 is 14.0 Å². The van der Waals surface area contributed by atoms with E-state index in [1.54, 1.807) is 6.20 Å². The highest BCUT2D eigenvalue weighted by atomic mass is 16.5. The van der Waals surface area contributed by atoms with E-state index in [1.807, 2.05) is 44.3 Å². The normalized spacial score (nSPS) is 10.3. The van der Waals surface area contributed by atoms with Crippen LogP contribution in [-0.2, 0) is 6.54 Å². The second kappa shape index (κ2) is 6.10. The van der Waals surface area contributed by atoms with Gasteiger partial charge in [-0.25, -0.2) is 4.98 Å². The number of para-hydroxylation sites is 2. The van der Waals surface area contributed by atoms with E-state index in [4.69, 9.17) is 9.47 Å². The average Bonchev–Trinajstić information content (AvgIpc) is 2.78. The van der Waals surface area contributed by atoms with Crippen LogP contribution in [0, 0.1) is 6.92 Å². The van der Waals surface area contributed by atoms with Crippen LogP contribution in [0.1, 0.15) is 12.7 Å². The molecular weight excluding hydrogens is 228 g/mol. The highest BCUT2D eigenvalue weighted by molar-refractivity contribution is 5.39. The molecule has 0 spiro atoms. The first-order valence-corrected chi connectivity index (χ1v) is 6.13. The van der Waals surface area contributed by atoms with Crippen molar-refractivity contribution in [3.05, 3.63) is 42.5 Å². The monoisotopic (exact) mass is 246 g/mol. The molecule has 0 amide bonds. The summed E-state index contributed by atoms with van der Waals surface area (Å²) in [6, 6.07) is 7.73. The van der Waals surface area contributed by atoms with E-state index in [1.165, 1.54) is 0 Å². The highest BCUT2D eigenvalue weighted by Gasteiger charge is 2.03. The van der Waals surface area contributed by atoms with Gasteiger partial charge in [-0.05, 0) is 26.0 Å². The third-order valence-corrected chi connectivity index (χ3v) is 2.66. The van der Waals surface area contributed by atoms with Gasteiger partial charge in [-0.3, -0.25) is 0 Å². The van der Waals surface area contributed by atoms with Crippen LogP contribution in [0.3, 0.4) is 0 Å². The van der Waals surface area contributed by atoms with E-state index in [0.29, 0.717) is 13.2 Å². The minimum atomic E-state index is 0.598. The smallest absolute Gasteiger partial charge is 0.161 e. The summed E-state index contributed by atoms with van der Waals surface area (Å²) in [5, 5.41) is 0. The molecule has 1 aromatic heterocycles. The van der Waals surface area contributed by atoms with E-state index in [2.05, 4.69) is 9.55 Å². The lowest BCUT2D eigenvalue weighted by Gasteiger charge is -2.12. The lowest BCUT2D eigenvalue weighted by atomic mass is 10.3. The van der Waals surface area contributed by atoms with Crippen LogP contribution in [0.4, 0.5) is 0 Å². The number of imidazole rings is 1. The Hall–Kier alpha value is -1.97. The summed E-state index contributed by atoms with van der Waals surface area (Å²) in [7, 11) is 0. The zero-order chi connectivity index (χ0) is 12.8. The van der Waals surface area contributed by atoms with Crippen LogP contribution in [0.25, 0.3) is 0 Å². The average molecular weight is 246 g/mol. The third-order valence-electron chi connectivity index (χ3n) is 2.66. The van der Waals surface area contributed by atoms with Gasteiger partial charge in [-0.15, -0.1) is 0 Å². The molecule has 18 heavy (non-hydrogen) atoms. The molecule has 0 aliphatic heterocycles. The van der Waals surface area contributed by atoms with Crippen molar-refractivity contribution in [2.45, 2.75) is 20.4 Å². The first-order chi connectivity index (χ1) is 8.81. The summed E-state index contributed by atoms with van der Waals surface area (Å²) in [6.07, 6.45) is 3.75. The van der Waals surface area contributed by atoms with Crippen molar-refractivity contribution in [2.75, 3.05) is 13.2 Å². The molecule has 0 saturated heterocycles. The van der Waals surface area contributed by atoms with Crippen LogP contribution in [-0.4, -0.2) is 22.8 Å². The summed E-state index contributed by atoms with van der Waals surface area (Å²) in [5.74, 6) is 2.58. The third kappa shape index (κ3) is 3.03. The van der Waals surface area contributed by atoms with Gasteiger partial charge in [0, 0.05) is 12.4 Å². The Bertz CT molecular complexity index is 494. The predicted octanol–water partition coefficient (Wildman–Crippen LogP) is 2.67. The number of hydrogen-bond donors (Lipinski definition) is 0. The fraction of sp³-hybridized carbons (Fsp3) is 0.357. The summed E-state index contributed by atoms with van der Waals surface area (Å²) in [5.41, 5.74) is 0. The first-order valence-electron chi connectivity index (χ1n) is 6.13. The first kappa shape index (κ1) is 12.5. The zero-order valence-corrected chi connectivity index (χ0v) is 10.8. The van der Waals surface area contributed by atoms with E-state index in [-0.39, 0.29) is 0 Å². The number of hydrogen-bond acceptors (Lipinski definition) is 3. The molecular formula is C14H18N2O2. The number of rotatable bonds is 6. The van der Waals surface area contributed by atoms with Crippen LogP contribution in [0.5, 0.6) is 11.5 Å². The maximum absolute atomic E-state index is 5.74. The van der Waals surface area contributed by atoms with Crippen molar-refractivity contribution in [3.63, 3.8) is 0 Å². The maximum atomic E-state index is 5.74. The van der Waals surface area contributed by atoms with Crippen LogP contribution < -0.4 is 9.47 Å². The Labute approximate surface area is 107 Å². The SMILES string of the molecule is CCOc1ccccc1OCCn1ccnc1C. The number of ether oxygens (including phenoxy) is 2. The van der Waals surface area contributed by atoms with Crippen molar-refractivity contribution in [3.8, 4) is 11.5 Å². The van der Waals surface area contributed by atoms with Crippen molar-refractivity contribution in [1.82, 2.24) is 9.55 Å². The fourth-order valence-electron chi connectivity index (χ4n) is 1.74. The highest BCUT2D eigenvalue weighted by Crippen LogP contribution is 2.26. The summed E-state index contributed by atoms with van der Waals surface area (Å²) < 4.78 is 13.3. The van der Waals surface area contributed by atoms with Gasteiger partial charge in [-0.1, -0.05) is 12.1 Å². The molecule has 96 valence electrons. The van der Waals surface area contributed by atoms with Crippen molar-refractivity contribution in [2.24, 2.45) is 0 Å². The molecule has 4 heteroatoms. The van der Waals surface area contributed by atoms with Crippen LogP contribution >= 0.6 is 0 Å². The van der Waals surface area contributed by atoms with Gasteiger partial charge in [0.15, 0.2) is 11.5 Å². The zero-order valence-electron chi connectivity index (χ0n) is 10.8. The Morgan fingerprint density at radius 1 is 1.17 bits per heavy atom. The van der Waals surface area contributed by atoms with E-state index < -0.39 is 0 Å². The molecule has 0 saturated carbocycles. The summed E-state index contributed by atoms with van der Waals surface area (Å²) in [6.45, 7) is 5.97. The van der Waals surface area contributed by atoms with Gasteiger partial charge in [0.05, 0.1) is 13.2 Å². The van der Waals surface area contributed by atoms with Gasteiger partial charge in [0.1, 0.15) is 12.4 Å². The Kier molecular flexibility index (Phi) is 4.23. The second-order valence-corrected chi connectivity index (χ2v) is 3.90. The molecule has 0 aliphatic rings. The number of aromatic nitrogens is 2. The molecule has 1 aromatic carbocycles. The summed E-state index contributed by atoms with van der Waals surface area (Å²) >= 11 is 0. The predicted molar refractivity (Wildman–Crippen MR) is 70.1 cm³/mol. The van der Waals surface area contributed by atoms with Gasteiger partial charge in [0.2, 0.25) is 0 Å². The van der Waals surface area contributed by atoms with E-state index in [0.717, 1.165) is 23.9 Å². The van der Waals surface area contributed by atoms with Gasteiger partial charge in [0.25, 0.3) is 0 Å². The van der Waals surface area contributed by atoms with Gasteiger partial charge in [-0.2, -0.15) is 0 Å². The molecule has 0 aliphatic carbocycles. The minimum Gasteiger partial charge on any atom is -0.490 e. The minimum absolute atomic E-state index is 0.598. The molecule has 0 atom stereocenters.